The summed E-state index contributed by atoms with van der Waals surface area (Å²) in [4.78, 5) is 11.8. The van der Waals surface area contributed by atoms with Crippen molar-refractivity contribution >= 4 is 39.8 Å². The van der Waals surface area contributed by atoms with Crippen LogP contribution in [0.2, 0.25) is 0 Å². The molecule has 3 aromatic carbocycles. The zero-order chi connectivity index (χ0) is 20.1. The molecule has 5 N–H and O–H groups in total. The first-order chi connectivity index (χ1) is 13.5. The van der Waals surface area contributed by atoms with Gasteiger partial charge in [0.2, 0.25) is 5.96 Å². The van der Waals surface area contributed by atoms with E-state index in [1.807, 2.05) is 18.2 Å². The highest BCUT2D eigenvalue weighted by Gasteiger charge is 2.12. The van der Waals surface area contributed by atoms with E-state index in [1.165, 1.54) is 6.07 Å². The number of esters is 1. The number of carbonyl (C=O) groups excluding carboxylic acids is 1. The van der Waals surface area contributed by atoms with Gasteiger partial charge in [-0.15, -0.1) is 10.2 Å². The number of nitrogens with one attached hydrogen (secondary N) is 2. The molecular weight excluding hydrogens is 358 g/mol. The summed E-state index contributed by atoms with van der Waals surface area (Å²) < 4.78 is 4.98. The van der Waals surface area contributed by atoms with Crippen molar-refractivity contribution in [3.05, 3.63) is 60.2 Å². The number of nitrogens with zero attached hydrogens (tertiary/aromatic N) is 2. The number of anilines is 2. The van der Waals surface area contributed by atoms with Crippen LogP contribution in [0.15, 0.2) is 64.8 Å². The number of benzene rings is 3. The Morgan fingerprint density at radius 3 is 2.50 bits per heavy atom. The lowest BCUT2D eigenvalue weighted by atomic mass is 10.1. The molecule has 0 amide bonds. The maximum absolute atomic E-state index is 11.8. The molecule has 8 heteroatoms. The van der Waals surface area contributed by atoms with E-state index in [4.69, 9.17) is 15.9 Å². The number of phenols is 1. The fourth-order valence-electron chi connectivity index (χ4n) is 2.72. The minimum Gasteiger partial charge on any atom is -0.506 e. The molecule has 0 aliphatic rings. The first-order valence-corrected chi connectivity index (χ1v) is 8.54. The van der Waals surface area contributed by atoms with E-state index in [-0.39, 0.29) is 17.4 Å². The fourth-order valence-corrected chi connectivity index (χ4v) is 2.72. The summed E-state index contributed by atoms with van der Waals surface area (Å²) in [6.07, 6.45) is 0. The van der Waals surface area contributed by atoms with E-state index in [0.29, 0.717) is 23.2 Å². The Balaban J connectivity index is 1.97. The highest BCUT2D eigenvalue weighted by Crippen LogP contribution is 2.40. The SMILES string of the molecule is CCOC(=O)c1ccc(Nc2cc(O)c(N=NC(=N)N)c3ccccc23)cc1. The molecule has 0 unspecified atom stereocenters. The van der Waals surface area contributed by atoms with Crippen LogP contribution in [0.4, 0.5) is 17.1 Å². The van der Waals surface area contributed by atoms with Gasteiger partial charge in [0, 0.05) is 22.5 Å². The molecule has 3 rings (SSSR count). The van der Waals surface area contributed by atoms with E-state index in [9.17, 15) is 9.90 Å². The zero-order valence-corrected chi connectivity index (χ0v) is 15.1. The fraction of sp³-hybridized carbons (Fsp3) is 0.100. The molecule has 142 valence electrons. The lowest BCUT2D eigenvalue weighted by Crippen LogP contribution is -2.04. The molecule has 0 atom stereocenters. The Morgan fingerprint density at radius 1 is 1.18 bits per heavy atom. The summed E-state index contributed by atoms with van der Waals surface area (Å²) in [5, 5.41) is 29.6. The molecule has 8 nitrogen and oxygen atoms in total. The Bertz CT molecular complexity index is 1060. The number of hydrogen-bond donors (Lipinski definition) is 4. The average Bonchev–Trinajstić information content (AvgIpc) is 2.68. The zero-order valence-electron chi connectivity index (χ0n) is 15.1. The third-order valence-electron chi connectivity index (χ3n) is 3.93. The summed E-state index contributed by atoms with van der Waals surface area (Å²) in [5.74, 6) is -0.931. The molecule has 0 aliphatic heterocycles. The lowest BCUT2D eigenvalue weighted by Gasteiger charge is -2.13. The van der Waals surface area contributed by atoms with Crippen LogP contribution in [0, 0.1) is 5.41 Å². The quantitative estimate of drug-likeness (QED) is 0.226. The number of hydrogen-bond acceptors (Lipinski definition) is 6. The van der Waals surface area contributed by atoms with Crippen molar-refractivity contribution in [2.75, 3.05) is 11.9 Å². The molecule has 0 heterocycles. The summed E-state index contributed by atoms with van der Waals surface area (Å²) in [6.45, 7) is 2.07. The lowest BCUT2D eigenvalue weighted by molar-refractivity contribution is 0.0526. The summed E-state index contributed by atoms with van der Waals surface area (Å²) in [5.41, 5.74) is 7.29. The van der Waals surface area contributed by atoms with Gasteiger partial charge in [0.05, 0.1) is 17.9 Å². The first-order valence-electron chi connectivity index (χ1n) is 8.54. The topological polar surface area (TPSA) is 133 Å². The van der Waals surface area contributed by atoms with Crippen LogP contribution in [0.5, 0.6) is 5.75 Å². The molecule has 0 aromatic heterocycles. The predicted octanol–water partition coefficient (Wildman–Crippen LogP) is 4.44. The standard InChI is InChI=1S/C20H19N5O3/c1-2-28-19(27)12-7-9-13(10-8-12)23-16-11-17(26)18(24-25-20(21)22)15-6-4-3-5-14(15)16/h3-11,23,26H,2H2,1H3,(H3,21,22). The van der Waals surface area contributed by atoms with Crippen LogP contribution in [0.3, 0.4) is 0 Å². The number of fused-ring (bicyclic) bond motifs is 1. The number of guanidine groups is 1. The van der Waals surface area contributed by atoms with Crippen molar-refractivity contribution in [2.24, 2.45) is 16.0 Å². The molecule has 0 radical (unpaired) electrons. The van der Waals surface area contributed by atoms with Gasteiger partial charge in [0.1, 0.15) is 11.4 Å². The third kappa shape index (κ3) is 4.07. The number of ether oxygens (including phenoxy) is 1. The van der Waals surface area contributed by atoms with E-state index in [2.05, 4.69) is 15.5 Å². The van der Waals surface area contributed by atoms with Crippen LogP contribution >= 0.6 is 0 Å². The molecule has 0 bridgehead atoms. The van der Waals surface area contributed by atoms with Gasteiger partial charge in [0.25, 0.3) is 0 Å². The first kappa shape index (κ1) is 18.8. The molecule has 28 heavy (non-hydrogen) atoms. The second-order valence-corrected chi connectivity index (χ2v) is 5.85. The summed E-state index contributed by atoms with van der Waals surface area (Å²) >= 11 is 0. The van der Waals surface area contributed by atoms with Crippen LogP contribution < -0.4 is 11.1 Å². The van der Waals surface area contributed by atoms with Gasteiger partial charge >= 0.3 is 5.97 Å². The van der Waals surface area contributed by atoms with Crippen molar-refractivity contribution in [1.29, 1.82) is 5.41 Å². The number of azo groups is 1. The highest BCUT2D eigenvalue weighted by atomic mass is 16.5. The van der Waals surface area contributed by atoms with Crippen LogP contribution in [-0.4, -0.2) is 23.6 Å². The molecular formula is C20H19N5O3. The molecule has 0 saturated heterocycles. The van der Waals surface area contributed by atoms with Gasteiger partial charge in [-0.05, 0) is 31.2 Å². The van der Waals surface area contributed by atoms with Crippen molar-refractivity contribution in [3.8, 4) is 5.75 Å². The maximum Gasteiger partial charge on any atom is 0.338 e. The largest absolute Gasteiger partial charge is 0.506 e. The van der Waals surface area contributed by atoms with Crippen LogP contribution in [0.1, 0.15) is 17.3 Å². The minimum atomic E-state index is -0.452. The third-order valence-corrected chi connectivity index (χ3v) is 3.93. The Labute approximate surface area is 161 Å². The van der Waals surface area contributed by atoms with Gasteiger partial charge in [-0.3, -0.25) is 5.41 Å². The summed E-state index contributed by atoms with van der Waals surface area (Å²) in [7, 11) is 0. The minimum absolute atomic E-state index is 0.102. The van der Waals surface area contributed by atoms with E-state index < -0.39 is 5.96 Å². The van der Waals surface area contributed by atoms with Gasteiger partial charge in [-0.25, -0.2) is 4.79 Å². The van der Waals surface area contributed by atoms with Crippen molar-refractivity contribution < 1.29 is 14.6 Å². The maximum atomic E-state index is 11.8. The van der Waals surface area contributed by atoms with Crippen molar-refractivity contribution in [2.45, 2.75) is 6.92 Å². The Morgan fingerprint density at radius 2 is 1.86 bits per heavy atom. The van der Waals surface area contributed by atoms with Gasteiger partial charge in [0.15, 0.2) is 0 Å². The van der Waals surface area contributed by atoms with Crippen LogP contribution in [-0.2, 0) is 4.74 Å². The predicted molar refractivity (Wildman–Crippen MR) is 108 cm³/mol. The number of rotatable bonds is 5. The molecule has 0 fully saturated rings. The van der Waals surface area contributed by atoms with Gasteiger partial charge in [-0.2, -0.15) is 0 Å². The molecule has 0 aliphatic carbocycles. The highest BCUT2D eigenvalue weighted by molar-refractivity contribution is 6.04. The van der Waals surface area contributed by atoms with E-state index in [1.54, 1.807) is 37.3 Å². The van der Waals surface area contributed by atoms with E-state index >= 15 is 0 Å². The second kappa shape index (κ2) is 8.17. The monoisotopic (exact) mass is 377 g/mol. The molecule has 0 spiro atoms. The van der Waals surface area contributed by atoms with Crippen LogP contribution in [0.25, 0.3) is 10.8 Å². The normalized spacial score (nSPS) is 10.9. The molecule has 3 aromatic rings. The Hall–Kier alpha value is -3.94. The van der Waals surface area contributed by atoms with Gasteiger partial charge in [-0.1, -0.05) is 24.3 Å². The number of phenolic OH excluding ortho intramolecular Hbond substituents is 1. The molecule has 0 saturated carbocycles. The average molecular weight is 377 g/mol. The number of carbonyl (C=O) groups is 1. The second-order valence-electron chi connectivity index (χ2n) is 5.85. The van der Waals surface area contributed by atoms with E-state index in [0.717, 1.165) is 11.1 Å². The smallest absolute Gasteiger partial charge is 0.338 e. The number of nitrogens with two attached hydrogens (primary N) is 1. The number of aromatic hydroxyl groups is 1. The van der Waals surface area contributed by atoms with Gasteiger partial charge < -0.3 is 20.9 Å². The Kier molecular flexibility index (Phi) is 5.50. The van der Waals surface area contributed by atoms with Crippen molar-refractivity contribution in [3.63, 3.8) is 0 Å². The van der Waals surface area contributed by atoms with Crippen molar-refractivity contribution in [1.82, 2.24) is 0 Å². The summed E-state index contributed by atoms with van der Waals surface area (Å²) in [6, 6.07) is 15.7.